The summed E-state index contributed by atoms with van der Waals surface area (Å²) in [6, 6.07) is 7.49. The van der Waals surface area contributed by atoms with Gasteiger partial charge < -0.3 is 10.1 Å². The predicted octanol–water partition coefficient (Wildman–Crippen LogP) is 3.14. The number of anilines is 1. The molecule has 2 aromatic heterocycles. The van der Waals surface area contributed by atoms with Crippen molar-refractivity contribution in [2.45, 2.75) is 19.4 Å². The standard InChI is InChI=1S/C17H16N4O2S/c1-11(21-7-2-6-18-21)16(22)20-17-19-14(10-24-17)12-3-4-15-13(9-12)5-8-23-15/h2-4,6-7,9-11H,5,8H2,1H3,(H,19,20,22). The van der Waals surface area contributed by atoms with Gasteiger partial charge in [0.25, 0.3) is 5.91 Å². The Labute approximate surface area is 143 Å². The SMILES string of the molecule is CC(C(=O)Nc1nc(-c2ccc3c(c2)CCO3)cs1)n1cccn1. The Morgan fingerprint density at radius 3 is 3.21 bits per heavy atom. The van der Waals surface area contributed by atoms with Gasteiger partial charge in [-0.3, -0.25) is 9.48 Å². The molecule has 0 saturated heterocycles. The van der Waals surface area contributed by atoms with Crippen molar-refractivity contribution in [3.05, 3.63) is 47.6 Å². The van der Waals surface area contributed by atoms with E-state index in [-0.39, 0.29) is 11.9 Å². The monoisotopic (exact) mass is 340 g/mol. The molecule has 1 unspecified atom stereocenters. The van der Waals surface area contributed by atoms with Crippen LogP contribution in [0.5, 0.6) is 5.75 Å². The van der Waals surface area contributed by atoms with Crippen LogP contribution in [0.4, 0.5) is 5.13 Å². The second kappa shape index (κ2) is 6.09. The lowest BCUT2D eigenvalue weighted by molar-refractivity contribution is -0.119. The van der Waals surface area contributed by atoms with Gasteiger partial charge in [0, 0.05) is 29.8 Å². The smallest absolute Gasteiger partial charge is 0.250 e. The van der Waals surface area contributed by atoms with Crippen LogP contribution in [0.2, 0.25) is 0 Å². The molecule has 0 bridgehead atoms. The predicted molar refractivity (Wildman–Crippen MR) is 92.3 cm³/mol. The molecule has 0 spiro atoms. The Kier molecular flexibility index (Phi) is 3.78. The lowest BCUT2D eigenvalue weighted by Gasteiger charge is -2.10. The molecule has 6 nitrogen and oxygen atoms in total. The highest BCUT2D eigenvalue weighted by Crippen LogP contribution is 2.32. The Bertz CT molecular complexity index is 873. The fourth-order valence-corrected chi connectivity index (χ4v) is 3.37. The first-order chi connectivity index (χ1) is 11.7. The van der Waals surface area contributed by atoms with Crippen molar-refractivity contribution in [1.82, 2.24) is 14.8 Å². The summed E-state index contributed by atoms with van der Waals surface area (Å²) in [6.45, 7) is 2.54. The van der Waals surface area contributed by atoms with Crippen LogP contribution in [0, 0.1) is 0 Å². The van der Waals surface area contributed by atoms with E-state index in [1.807, 2.05) is 17.5 Å². The number of thiazole rings is 1. The second-order valence-electron chi connectivity index (χ2n) is 5.61. The number of ether oxygens (including phenoxy) is 1. The maximum atomic E-state index is 12.3. The second-order valence-corrected chi connectivity index (χ2v) is 6.47. The molecule has 122 valence electrons. The van der Waals surface area contributed by atoms with Crippen LogP contribution in [-0.2, 0) is 11.2 Å². The average molecular weight is 340 g/mol. The van der Waals surface area contributed by atoms with Crippen molar-refractivity contribution in [2.24, 2.45) is 0 Å². The highest BCUT2D eigenvalue weighted by Gasteiger charge is 2.18. The largest absolute Gasteiger partial charge is 0.493 e. The summed E-state index contributed by atoms with van der Waals surface area (Å²) in [5, 5.41) is 9.49. The summed E-state index contributed by atoms with van der Waals surface area (Å²) in [5.74, 6) is 0.817. The summed E-state index contributed by atoms with van der Waals surface area (Å²) in [6.07, 6.45) is 4.35. The van der Waals surface area contributed by atoms with Gasteiger partial charge in [-0.1, -0.05) is 0 Å². The quantitative estimate of drug-likeness (QED) is 0.792. The summed E-state index contributed by atoms with van der Waals surface area (Å²) >= 11 is 1.42. The molecular weight excluding hydrogens is 324 g/mol. The fourth-order valence-electron chi connectivity index (χ4n) is 2.65. The summed E-state index contributed by atoms with van der Waals surface area (Å²) in [5.41, 5.74) is 3.10. The van der Waals surface area contributed by atoms with E-state index in [0.717, 1.165) is 30.0 Å². The number of carbonyl (C=O) groups is 1. The topological polar surface area (TPSA) is 69.0 Å². The van der Waals surface area contributed by atoms with Crippen LogP contribution in [-0.4, -0.2) is 27.3 Å². The van der Waals surface area contributed by atoms with Gasteiger partial charge >= 0.3 is 0 Å². The summed E-state index contributed by atoms with van der Waals surface area (Å²) in [7, 11) is 0. The molecule has 24 heavy (non-hydrogen) atoms. The highest BCUT2D eigenvalue weighted by atomic mass is 32.1. The zero-order valence-electron chi connectivity index (χ0n) is 13.1. The Morgan fingerprint density at radius 2 is 2.38 bits per heavy atom. The number of rotatable bonds is 4. The number of benzene rings is 1. The Balaban J connectivity index is 1.50. The van der Waals surface area contributed by atoms with Crippen molar-refractivity contribution in [2.75, 3.05) is 11.9 Å². The molecule has 0 radical (unpaired) electrons. The van der Waals surface area contributed by atoms with Crippen molar-refractivity contribution >= 4 is 22.4 Å². The molecule has 1 aromatic carbocycles. The van der Waals surface area contributed by atoms with Crippen LogP contribution in [0.15, 0.2) is 42.0 Å². The van der Waals surface area contributed by atoms with Crippen molar-refractivity contribution in [3.8, 4) is 17.0 Å². The van der Waals surface area contributed by atoms with Crippen molar-refractivity contribution < 1.29 is 9.53 Å². The van der Waals surface area contributed by atoms with Gasteiger partial charge in [-0.25, -0.2) is 4.98 Å². The molecule has 4 rings (SSSR count). The molecule has 7 heteroatoms. The lowest BCUT2D eigenvalue weighted by Crippen LogP contribution is -2.23. The molecule has 0 aliphatic carbocycles. The molecule has 1 amide bonds. The van der Waals surface area contributed by atoms with E-state index >= 15 is 0 Å². The maximum Gasteiger partial charge on any atom is 0.250 e. The zero-order valence-corrected chi connectivity index (χ0v) is 13.9. The molecule has 3 heterocycles. The molecular formula is C17H16N4O2S. The molecule has 1 N–H and O–H groups in total. The van der Waals surface area contributed by atoms with Gasteiger partial charge in [0.2, 0.25) is 0 Å². The van der Waals surface area contributed by atoms with Gasteiger partial charge in [-0.05, 0) is 36.8 Å². The van der Waals surface area contributed by atoms with E-state index in [2.05, 4.69) is 21.5 Å². The van der Waals surface area contributed by atoms with Crippen LogP contribution >= 0.6 is 11.3 Å². The number of carbonyl (C=O) groups excluding carboxylic acids is 1. The number of hydrogen-bond acceptors (Lipinski definition) is 5. The first-order valence-corrected chi connectivity index (χ1v) is 8.60. The molecule has 0 fully saturated rings. The molecule has 1 aliphatic rings. The van der Waals surface area contributed by atoms with Gasteiger partial charge in [0.1, 0.15) is 11.8 Å². The number of hydrogen-bond donors (Lipinski definition) is 1. The van der Waals surface area contributed by atoms with Crippen LogP contribution in [0.3, 0.4) is 0 Å². The summed E-state index contributed by atoms with van der Waals surface area (Å²) in [4.78, 5) is 16.8. The van der Waals surface area contributed by atoms with E-state index in [1.54, 1.807) is 30.1 Å². The average Bonchev–Trinajstić information content (AvgIpc) is 3.34. The highest BCUT2D eigenvalue weighted by molar-refractivity contribution is 7.14. The number of fused-ring (bicyclic) bond motifs is 1. The third-order valence-electron chi connectivity index (χ3n) is 4.02. The number of aromatic nitrogens is 3. The minimum atomic E-state index is -0.385. The third kappa shape index (κ3) is 2.78. The van der Waals surface area contributed by atoms with Gasteiger partial charge in [-0.2, -0.15) is 5.10 Å². The van der Waals surface area contributed by atoms with Gasteiger partial charge in [-0.15, -0.1) is 11.3 Å². The normalized spacial score (nSPS) is 14.0. The third-order valence-corrected chi connectivity index (χ3v) is 4.78. The minimum Gasteiger partial charge on any atom is -0.493 e. The summed E-state index contributed by atoms with van der Waals surface area (Å²) < 4.78 is 7.14. The number of nitrogens with one attached hydrogen (secondary N) is 1. The first-order valence-electron chi connectivity index (χ1n) is 7.72. The van der Waals surface area contributed by atoms with E-state index in [1.165, 1.54) is 16.9 Å². The Hall–Kier alpha value is -2.67. The van der Waals surface area contributed by atoms with Crippen LogP contribution in [0.1, 0.15) is 18.5 Å². The van der Waals surface area contributed by atoms with E-state index in [4.69, 9.17) is 4.74 Å². The van der Waals surface area contributed by atoms with Crippen molar-refractivity contribution in [1.29, 1.82) is 0 Å². The van der Waals surface area contributed by atoms with E-state index in [0.29, 0.717) is 5.13 Å². The van der Waals surface area contributed by atoms with Crippen LogP contribution in [0.25, 0.3) is 11.3 Å². The Morgan fingerprint density at radius 1 is 1.46 bits per heavy atom. The molecule has 3 aromatic rings. The van der Waals surface area contributed by atoms with Crippen LogP contribution < -0.4 is 10.1 Å². The lowest BCUT2D eigenvalue weighted by atomic mass is 10.1. The van der Waals surface area contributed by atoms with Gasteiger partial charge in [0.05, 0.1) is 12.3 Å². The van der Waals surface area contributed by atoms with E-state index < -0.39 is 0 Å². The van der Waals surface area contributed by atoms with Gasteiger partial charge in [0.15, 0.2) is 5.13 Å². The molecule has 1 aliphatic heterocycles. The number of nitrogens with zero attached hydrogens (tertiary/aromatic N) is 3. The molecule has 0 saturated carbocycles. The van der Waals surface area contributed by atoms with Crippen molar-refractivity contribution in [3.63, 3.8) is 0 Å². The van der Waals surface area contributed by atoms with E-state index in [9.17, 15) is 4.79 Å². The zero-order chi connectivity index (χ0) is 16.5. The minimum absolute atomic E-state index is 0.137. The first kappa shape index (κ1) is 14.9. The molecule has 1 atom stereocenters. The maximum absolute atomic E-state index is 12.3. The number of amides is 1. The fraction of sp³-hybridized carbons (Fsp3) is 0.235.